The first-order valence-electron chi connectivity index (χ1n) is 20.0. The van der Waals surface area contributed by atoms with Crippen LogP contribution >= 0.6 is 0 Å². The Morgan fingerprint density at radius 3 is 2.55 bits per heavy atom. The number of rotatable bonds is 6. The van der Waals surface area contributed by atoms with Crippen LogP contribution in [0.25, 0.3) is 21.8 Å². The van der Waals surface area contributed by atoms with Crippen LogP contribution in [0.5, 0.6) is 5.75 Å². The van der Waals surface area contributed by atoms with Crippen LogP contribution in [-0.4, -0.2) is 106 Å². The van der Waals surface area contributed by atoms with Crippen LogP contribution in [-0.2, 0) is 37.5 Å². The number of hydrogen-bond donors (Lipinski definition) is 4. The van der Waals surface area contributed by atoms with Crippen LogP contribution in [0.4, 0.5) is 0 Å². The van der Waals surface area contributed by atoms with Crippen LogP contribution in [0.3, 0.4) is 0 Å². The zero-order chi connectivity index (χ0) is 38.6. The summed E-state index contributed by atoms with van der Waals surface area (Å²) in [6.07, 6.45) is 5.12. The molecule has 11 heteroatoms. The molecule has 2 aliphatic carbocycles. The number of benzene rings is 2. The first-order chi connectivity index (χ1) is 26.4. The number of fused-ring (bicyclic) bond motifs is 9. The van der Waals surface area contributed by atoms with Gasteiger partial charge < -0.3 is 34.4 Å². The highest BCUT2D eigenvalue weighted by molar-refractivity contribution is 5.89. The molecule has 4 aromatic rings. The van der Waals surface area contributed by atoms with Crippen LogP contribution in [0, 0.1) is 17.8 Å². The van der Waals surface area contributed by atoms with Gasteiger partial charge in [-0.25, -0.2) is 0 Å². The highest BCUT2D eigenvalue weighted by Gasteiger charge is 2.62. The lowest BCUT2D eigenvalue weighted by Gasteiger charge is -2.58. The molecule has 6 aliphatic rings. The summed E-state index contributed by atoms with van der Waals surface area (Å²) in [7, 11) is 3.77. The number of nitrogens with one attached hydrogen (secondary N) is 2. The van der Waals surface area contributed by atoms with Crippen molar-refractivity contribution in [3.63, 3.8) is 0 Å². The smallest absolute Gasteiger partial charge is 0.303 e. The van der Waals surface area contributed by atoms with E-state index in [1.165, 1.54) is 13.8 Å². The van der Waals surface area contributed by atoms with Crippen LogP contribution in [0.2, 0.25) is 0 Å². The first kappa shape index (κ1) is 36.5. The van der Waals surface area contributed by atoms with Gasteiger partial charge in [0.05, 0.1) is 37.6 Å². The zero-order valence-corrected chi connectivity index (χ0v) is 32.8. The van der Waals surface area contributed by atoms with Gasteiger partial charge in [-0.2, -0.15) is 0 Å². The molecular formula is C44H54N4O7. The van der Waals surface area contributed by atoms with E-state index in [9.17, 15) is 19.8 Å². The third-order valence-corrected chi connectivity index (χ3v) is 14.2. The predicted octanol–water partition coefficient (Wildman–Crippen LogP) is 5.31. The van der Waals surface area contributed by atoms with E-state index in [4.69, 9.17) is 14.2 Å². The molecule has 4 fully saturated rings. The van der Waals surface area contributed by atoms with Crippen molar-refractivity contribution in [3.8, 4) is 5.75 Å². The average molecular weight is 751 g/mol. The summed E-state index contributed by atoms with van der Waals surface area (Å²) in [5, 5.41) is 24.7. The number of carbonyl (C=O) groups excluding carboxylic acids is 2. The number of piperidine rings is 3. The molecule has 10 atom stereocenters. The Labute approximate surface area is 322 Å². The number of esters is 2. The number of ether oxygens (including phenoxy) is 3. The van der Waals surface area contributed by atoms with Crippen molar-refractivity contribution in [1.29, 1.82) is 0 Å². The number of aromatic nitrogens is 2. The highest BCUT2D eigenvalue weighted by Crippen LogP contribution is 2.57. The molecule has 10 rings (SSSR count). The molecule has 55 heavy (non-hydrogen) atoms. The van der Waals surface area contributed by atoms with E-state index in [1.54, 1.807) is 7.11 Å². The number of likely N-dealkylation sites (tertiary alicyclic amines) is 1. The van der Waals surface area contributed by atoms with Gasteiger partial charge >= 0.3 is 11.9 Å². The first-order valence-corrected chi connectivity index (χ1v) is 20.0. The molecule has 0 amide bonds. The number of aliphatic hydroxyl groups excluding tert-OH is 2. The number of para-hydroxylation sites is 1. The minimum absolute atomic E-state index is 0.0205. The number of H-pyrrole nitrogens is 2. The minimum atomic E-state index is -1.17. The number of methoxy groups -OCH3 is 1. The van der Waals surface area contributed by atoms with Gasteiger partial charge in [0.25, 0.3) is 0 Å². The molecule has 4 aliphatic heterocycles. The minimum Gasteiger partial charge on any atom is -0.496 e. The molecule has 1 saturated carbocycles. The quantitative estimate of drug-likeness (QED) is 0.153. The number of aliphatic hydroxyl groups is 2. The molecule has 6 heterocycles. The van der Waals surface area contributed by atoms with Crippen molar-refractivity contribution in [2.75, 3.05) is 40.4 Å². The summed E-state index contributed by atoms with van der Waals surface area (Å²) in [4.78, 5) is 38.3. The highest BCUT2D eigenvalue weighted by atomic mass is 16.6. The number of allylic oxidation sites excluding steroid dienone is 1. The van der Waals surface area contributed by atoms with Gasteiger partial charge in [0.15, 0.2) is 11.2 Å². The third-order valence-electron chi connectivity index (χ3n) is 14.2. The summed E-state index contributed by atoms with van der Waals surface area (Å²) in [6.45, 7) is 8.96. The molecule has 6 bridgehead atoms. The van der Waals surface area contributed by atoms with Crippen LogP contribution in [0.1, 0.15) is 81.0 Å². The number of carbonyl (C=O) groups is 2. The fourth-order valence-corrected chi connectivity index (χ4v) is 12.2. The third kappa shape index (κ3) is 5.36. The van der Waals surface area contributed by atoms with Gasteiger partial charge in [0.1, 0.15) is 5.75 Å². The normalized spacial score (nSPS) is 34.0. The predicted molar refractivity (Wildman–Crippen MR) is 209 cm³/mol. The van der Waals surface area contributed by atoms with Gasteiger partial charge in [-0.05, 0) is 82.2 Å². The maximum absolute atomic E-state index is 13.0. The molecule has 4 N–H and O–H groups in total. The standard InChI is InChI=1S/C44H54N4O7/c1-7-27-21-47(5)39-17-34-28-10-8-9-11-36(28)45-40(34)33(16-35(27)44(39,22-49)55-25(4)52)32-15-31-29-12-13-48-20-26-14-30(23(2)50)42(48)43(19-26,54-24(3)51)41(29)46-37(31)18-38(32)53-6/h7-11,15,18,23,26,30,33,35,39,42,45-46,49-50H,12-14,16-17,19-22H2,1-6H3/b27-7+/t23-,26+,30+,33+,35+,39+,42-,43+,44+/m0/s1. The van der Waals surface area contributed by atoms with Gasteiger partial charge in [-0.15, -0.1) is 0 Å². The Bertz CT molecular complexity index is 2220. The molecule has 0 radical (unpaired) electrons. The molecule has 292 valence electrons. The Morgan fingerprint density at radius 1 is 1.05 bits per heavy atom. The molecule has 11 nitrogen and oxygen atoms in total. The van der Waals surface area contributed by atoms with Gasteiger partial charge in [0.2, 0.25) is 0 Å². The number of aromatic amines is 2. The van der Waals surface area contributed by atoms with Crippen LogP contribution in [0.15, 0.2) is 48.0 Å². The lowest BCUT2D eigenvalue weighted by molar-refractivity contribution is -0.208. The lowest BCUT2D eigenvalue weighted by atomic mass is 9.62. The second-order valence-corrected chi connectivity index (χ2v) is 17.1. The molecule has 2 aromatic carbocycles. The summed E-state index contributed by atoms with van der Waals surface area (Å²) >= 11 is 0. The maximum Gasteiger partial charge on any atom is 0.303 e. The zero-order valence-electron chi connectivity index (χ0n) is 32.8. The molecular weight excluding hydrogens is 697 g/mol. The number of likely N-dealkylation sites (N-methyl/N-ethyl adjacent to an activating group) is 1. The van der Waals surface area contributed by atoms with E-state index in [-0.39, 0.29) is 42.4 Å². The van der Waals surface area contributed by atoms with Crippen molar-refractivity contribution in [2.24, 2.45) is 17.8 Å². The molecule has 0 spiro atoms. The summed E-state index contributed by atoms with van der Waals surface area (Å²) in [5.41, 5.74) is 6.33. The van der Waals surface area contributed by atoms with E-state index in [0.717, 1.165) is 87.1 Å². The van der Waals surface area contributed by atoms with Crippen molar-refractivity contribution >= 4 is 33.7 Å². The fourth-order valence-electron chi connectivity index (χ4n) is 12.2. The van der Waals surface area contributed by atoms with Crippen molar-refractivity contribution < 1.29 is 34.0 Å². The van der Waals surface area contributed by atoms with E-state index in [1.807, 2.05) is 19.9 Å². The Balaban J connectivity index is 1.28. The van der Waals surface area contributed by atoms with Crippen LogP contribution < -0.4 is 4.74 Å². The second kappa shape index (κ2) is 13.2. The van der Waals surface area contributed by atoms with E-state index < -0.39 is 23.3 Å². The number of hydrogen-bond acceptors (Lipinski definition) is 9. The van der Waals surface area contributed by atoms with Gasteiger partial charge in [-0.3, -0.25) is 19.4 Å². The van der Waals surface area contributed by atoms with E-state index in [2.05, 4.69) is 63.2 Å². The summed E-state index contributed by atoms with van der Waals surface area (Å²) in [6, 6.07) is 12.3. The SMILES string of the molecule is C/C=C1\CN(C)[C@@H]2Cc3c([nH]c4ccccc34)[C@@H](c3cc4c5c([nH]c4cc3OC)[C@]3(OC(C)=O)C[C@H]4C[C@H]([C@H](C)O)[C@@H]3N(CC5)C4)C[C@H]1[C@@]2(CO)OC(C)=O. The fraction of sp³-hybridized carbons (Fsp3) is 0.545. The Morgan fingerprint density at radius 2 is 1.84 bits per heavy atom. The van der Waals surface area contributed by atoms with Crippen molar-refractivity contribution in [2.45, 2.75) is 95.1 Å². The summed E-state index contributed by atoms with van der Waals surface area (Å²) in [5.74, 6) is -0.216. The average Bonchev–Trinajstić information content (AvgIpc) is 3.68. The van der Waals surface area contributed by atoms with Crippen molar-refractivity contribution in [3.05, 3.63) is 76.1 Å². The van der Waals surface area contributed by atoms with E-state index >= 15 is 0 Å². The summed E-state index contributed by atoms with van der Waals surface area (Å²) < 4.78 is 19.2. The van der Waals surface area contributed by atoms with Gasteiger partial charge in [-0.1, -0.05) is 29.8 Å². The Kier molecular flexibility index (Phi) is 8.77. The topological polar surface area (TPSA) is 140 Å². The largest absolute Gasteiger partial charge is 0.496 e. The molecule has 3 saturated heterocycles. The molecule has 1 unspecified atom stereocenters. The molecule has 2 aromatic heterocycles. The lowest BCUT2D eigenvalue weighted by Crippen LogP contribution is -2.67. The van der Waals surface area contributed by atoms with Crippen molar-refractivity contribution in [1.82, 2.24) is 19.8 Å². The van der Waals surface area contributed by atoms with E-state index in [0.29, 0.717) is 31.7 Å². The second-order valence-electron chi connectivity index (χ2n) is 17.1. The Hall–Kier alpha value is -4.16. The monoisotopic (exact) mass is 750 g/mol. The number of nitrogens with zero attached hydrogens (tertiary/aromatic N) is 2. The maximum atomic E-state index is 13.0. The van der Waals surface area contributed by atoms with Gasteiger partial charge in [0, 0.05) is 90.4 Å².